The van der Waals surface area contributed by atoms with E-state index in [9.17, 15) is 10.2 Å². The summed E-state index contributed by atoms with van der Waals surface area (Å²) in [6, 6.07) is 32.2. The van der Waals surface area contributed by atoms with Gasteiger partial charge in [-0.15, -0.1) is 0 Å². The topological polar surface area (TPSA) is 40.5 Å². The van der Waals surface area contributed by atoms with Crippen molar-refractivity contribution in [1.82, 2.24) is 0 Å². The third-order valence-electron chi connectivity index (χ3n) is 7.60. The molecule has 0 aliphatic heterocycles. The van der Waals surface area contributed by atoms with E-state index in [0.29, 0.717) is 10.0 Å². The van der Waals surface area contributed by atoms with E-state index in [2.05, 4.69) is 62.4 Å². The van der Waals surface area contributed by atoms with Crippen LogP contribution in [0, 0.1) is 27.7 Å². The molecule has 0 aliphatic rings. The number of phenols is 2. The molecule has 0 radical (unpaired) electrons. The van der Waals surface area contributed by atoms with Gasteiger partial charge in [-0.3, -0.25) is 0 Å². The minimum absolute atomic E-state index is 0.174. The minimum Gasteiger partial charge on any atom is -0.508 e. The second-order valence-electron chi connectivity index (χ2n) is 10.7. The average Bonchev–Trinajstić information content (AvgIpc) is 2.91. The van der Waals surface area contributed by atoms with Crippen molar-refractivity contribution in [1.29, 1.82) is 0 Å². The summed E-state index contributed by atoms with van der Waals surface area (Å²) in [7, 11) is 0. The molecule has 0 amide bonds. The molecule has 0 heterocycles. The quantitative estimate of drug-likeness (QED) is 0.201. The molecule has 0 spiro atoms. The maximum atomic E-state index is 10.2. The zero-order valence-corrected chi connectivity index (χ0v) is 24.6. The Morgan fingerprint density at radius 1 is 0.475 bits per heavy atom. The van der Waals surface area contributed by atoms with Crippen LogP contribution in [0.3, 0.4) is 0 Å². The maximum absolute atomic E-state index is 10.2. The molecular formula is C36H32Cl2O2. The number of aryl methyl sites for hydroxylation is 4. The van der Waals surface area contributed by atoms with Crippen molar-refractivity contribution < 1.29 is 10.2 Å². The lowest BCUT2D eigenvalue weighted by Gasteiger charge is -2.25. The van der Waals surface area contributed by atoms with Gasteiger partial charge in [-0.2, -0.15) is 0 Å². The van der Waals surface area contributed by atoms with Gasteiger partial charge in [-0.1, -0.05) is 107 Å². The van der Waals surface area contributed by atoms with Crippen LogP contribution in [0.4, 0.5) is 0 Å². The molecule has 0 saturated heterocycles. The van der Waals surface area contributed by atoms with Crippen molar-refractivity contribution >= 4 is 23.2 Å². The van der Waals surface area contributed by atoms with Gasteiger partial charge in [0.15, 0.2) is 0 Å². The van der Waals surface area contributed by atoms with E-state index in [4.69, 9.17) is 23.2 Å². The summed E-state index contributed by atoms with van der Waals surface area (Å²) in [6.45, 7) is 7.95. The van der Waals surface area contributed by atoms with Gasteiger partial charge in [0.2, 0.25) is 0 Å². The molecule has 0 fully saturated rings. The summed E-state index contributed by atoms with van der Waals surface area (Å²) >= 11 is 14.3. The van der Waals surface area contributed by atoms with Gasteiger partial charge in [0.05, 0.1) is 0 Å². The lowest BCUT2D eigenvalue weighted by molar-refractivity contribution is 0.470. The standard InChI is InChI=1S/C36H32Cl2O2/c1-21-7-5-9-25(15-21)35(27-11-13-33(39)23(3)17-27)29-19-32(38)30(20-31(29)37)36(26-10-6-8-22(2)16-26)28-12-14-34(40)24(4)18-28/h5-20,35-36,39-40H,1-4H3. The zero-order valence-electron chi connectivity index (χ0n) is 23.0. The first-order valence-electron chi connectivity index (χ1n) is 13.3. The molecule has 5 aromatic rings. The lowest BCUT2D eigenvalue weighted by Crippen LogP contribution is -2.09. The van der Waals surface area contributed by atoms with Crippen molar-refractivity contribution in [2.75, 3.05) is 0 Å². The number of hydrogen-bond donors (Lipinski definition) is 2. The van der Waals surface area contributed by atoms with E-state index in [1.54, 1.807) is 12.1 Å². The lowest BCUT2D eigenvalue weighted by atomic mass is 9.80. The van der Waals surface area contributed by atoms with Gasteiger partial charge in [-0.25, -0.2) is 0 Å². The van der Waals surface area contributed by atoms with Gasteiger partial charge >= 0.3 is 0 Å². The summed E-state index contributed by atoms with van der Waals surface area (Å²) in [4.78, 5) is 0. The molecule has 2 atom stereocenters. The van der Waals surface area contributed by atoms with Crippen LogP contribution in [0.15, 0.2) is 97.1 Å². The molecule has 5 rings (SSSR count). The fourth-order valence-corrected chi connectivity index (χ4v) is 6.10. The van der Waals surface area contributed by atoms with Crippen LogP contribution in [0.2, 0.25) is 10.0 Å². The summed E-state index contributed by atoms with van der Waals surface area (Å²) in [5.74, 6) is 0.172. The third kappa shape index (κ3) is 5.61. The van der Waals surface area contributed by atoms with Crippen molar-refractivity contribution in [2.24, 2.45) is 0 Å². The third-order valence-corrected chi connectivity index (χ3v) is 8.25. The molecular weight excluding hydrogens is 535 g/mol. The molecule has 2 unspecified atom stereocenters. The summed E-state index contributed by atoms with van der Waals surface area (Å²) in [5.41, 5.74) is 9.95. The molecule has 0 bridgehead atoms. The van der Waals surface area contributed by atoms with Crippen LogP contribution in [0.5, 0.6) is 11.5 Å². The maximum Gasteiger partial charge on any atom is 0.118 e. The number of hydrogen-bond acceptors (Lipinski definition) is 2. The molecule has 5 aromatic carbocycles. The van der Waals surface area contributed by atoms with Gasteiger partial charge in [0.1, 0.15) is 11.5 Å². The monoisotopic (exact) mass is 566 g/mol. The second-order valence-corrected chi connectivity index (χ2v) is 11.5. The first kappa shape index (κ1) is 27.8. The number of aromatic hydroxyl groups is 2. The molecule has 202 valence electrons. The van der Waals surface area contributed by atoms with Crippen LogP contribution in [-0.4, -0.2) is 10.2 Å². The summed E-state index contributed by atoms with van der Waals surface area (Å²) in [6.07, 6.45) is 0. The van der Waals surface area contributed by atoms with Gasteiger partial charge < -0.3 is 10.2 Å². The first-order chi connectivity index (χ1) is 19.1. The molecule has 0 aromatic heterocycles. The van der Waals surface area contributed by atoms with E-state index < -0.39 is 0 Å². The Labute approximate surface area is 246 Å². The van der Waals surface area contributed by atoms with Gasteiger partial charge in [0, 0.05) is 21.9 Å². The smallest absolute Gasteiger partial charge is 0.118 e. The molecule has 0 aliphatic carbocycles. The number of phenolic OH excluding ortho intramolecular Hbond substituents is 2. The fourth-order valence-electron chi connectivity index (χ4n) is 5.54. The Hall–Kier alpha value is -3.72. The molecule has 2 N–H and O–H groups in total. The van der Waals surface area contributed by atoms with Gasteiger partial charge in [0.25, 0.3) is 0 Å². The van der Waals surface area contributed by atoms with Crippen molar-refractivity contribution in [3.8, 4) is 11.5 Å². The van der Waals surface area contributed by atoms with Crippen LogP contribution in [0.1, 0.15) is 67.5 Å². The normalized spacial score (nSPS) is 12.8. The number of rotatable bonds is 6. The predicted octanol–water partition coefficient (Wildman–Crippen LogP) is 10.00. The molecule has 0 saturated carbocycles. The van der Waals surface area contributed by atoms with Crippen molar-refractivity contribution in [3.05, 3.63) is 163 Å². The number of halogens is 2. The van der Waals surface area contributed by atoms with Gasteiger partial charge in [-0.05, 0) is 96.5 Å². The van der Waals surface area contributed by atoms with Crippen LogP contribution in [0.25, 0.3) is 0 Å². The highest BCUT2D eigenvalue weighted by Crippen LogP contribution is 2.44. The Balaban J connectivity index is 1.71. The zero-order chi connectivity index (χ0) is 28.6. The van der Waals surface area contributed by atoms with E-state index in [1.165, 1.54) is 0 Å². The van der Waals surface area contributed by atoms with E-state index >= 15 is 0 Å². The highest BCUT2D eigenvalue weighted by atomic mass is 35.5. The Morgan fingerprint density at radius 2 is 0.850 bits per heavy atom. The Morgan fingerprint density at radius 3 is 1.20 bits per heavy atom. The predicted molar refractivity (Wildman–Crippen MR) is 166 cm³/mol. The second kappa shape index (κ2) is 11.4. The molecule has 40 heavy (non-hydrogen) atoms. The van der Waals surface area contributed by atoms with Crippen molar-refractivity contribution in [2.45, 2.75) is 39.5 Å². The average molecular weight is 568 g/mol. The van der Waals surface area contributed by atoms with E-state index in [-0.39, 0.29) is 23.3 Å². The Kier molecular flexibility index (Phi) is 7.94. The van der Waals surface area contributed by atoms with Crippen LogP contribution >= 0.6 is 23.2 Å². The highest BCUT2D eigenvalue weighted by Gasteiger charge is 2.26. The molecule has 4 heteroatoms. The van der Waals surface area contributed by atoms with E-state index in [1.807, 2.05) is 50.2 Å². The van der Waals surface area contributed by atoms with Crippen LogP contribution in [-0.2, 0) is 0 Å². The van der Waals surface area contributed by atoms with E-state index in [0.717, 1.165) is 55.6 Å². The summed E-state index contributed by atoms with van der Waals surface area (Å²) in [5, 5.41) is 21.7. The SMILES string of the molecule is Cc1cccc(C(c2ccc(O)c(C)c2)c2cc(Cl)c(C(c3cccc(C)c3)c3ccc(O)c(C)c3)cc2Cl)c1. The highest BCUT2D eigenvalue weighted by molar-refractivity contribution is 6.34. The largest absolute Gasteiger partial charge is 0.508 e. The first-order valence-corrected chi connectivity index (χ1v) is 14.1. The Bertz CT molecular complexity index is 1580. The number of benzene rings is 5. The minimum atomic E-state index is -0.174. The fraction of sp³-hybridized carbons (Fsp3) is 0.167. The van der Waals surface area contributed by atoms with Crippen molar-refractivity contribution in [3.63, 3.8) is 0 Å². The molecule has 2 nitrogen and oxygen atoms in total. The van der Waals surface area contributed by atoms with Crippen LogP contribution < -0.4 is 0 Å². The summed E-state index contributed by atoms with van der Waals surface area (Å²) < 4.78 is 0.